The van der Waals surface area contributed by atoms with Gasteiger partial charge < -0.3 is 10.2 Å². The van der Waals surface area contributed by atoms with Gasteiger partial charge in [0.05, 0.1) is 0 Å². The minimum Gasteiger partial charge on any atom is -0.357 e. The third kappa shape index (κ3) is 4.03. The number of rotatable bonds is 6. The minimum atomic E-state index is 0.513. The van der Waals surface area contributed by atoms with Gasteiger partial charge >= 0.3 is 0 Å². The van der Waals surface area contributed by atoms with E-state index in [-0.39, 0.29) is 0 Å². The van der Waals surface area contributed by atoms with E-state index in [1.807, 2.05) is 19.4 Å². The second-order valence-corrected chi connectivity index (χ2v) is 5.17. The van der Waals surface area contributed by atoms with Crippen LogP contribution < -0.4 is 5.32 Å². The van der Waals surface area contributed by atoms with Gasteiger partial charge in [0.2, 0.25) is 5.95 Å². The van der Waals surface area contributed by atoms with Gasteiger partial charge in [0, 0.05) is 38.1 Å². The maximum atomic E-state index is 4.24. The third-order valence-corrected chi connectivity index (χ3v) is 3.34. The van der Waals surface area contributed by atoms with Crippen molar-refractivity contribution in [1.29, 1.82) is 0 Å². The molecule has 0 spiro atoms. The highest BCUT2D eigenvalue weighted by Gasteiger charge is 2.09. The average Bonchev–Trinajstić information content (AvgIpc) is 2.49. The molecule has 0 aliphatic heterocycles. The molecule has 1 unspecified atom stereocenters. The zero-order valence-corrected chi connectivity index (χ0v) is 12.4. The molecule has 1 heterocycles. The molecule has 4 heteroatoms. The van der Waals surface area contributed by atoms with Gasteiger partial charge in [-0.1, -0.05) is 37.3 Å². The Labute approximate surface area is 120 Å². The summed E-state index contributed by atoms with van der Waals surface area (Å²) in [5.74, 6) is 1.17. The lowest BCUT2D eigenvalue weighted by atomic mass is 10.0. The van der Waals surface area contributed by atoms with Crippen LogP contribution in [0.25, 0.3) is 0 Å². The summed E-state index contributed by atoms with van der Waals surface area (Å²) in [5.41, 5.74) is 2.51. The maximum Gasteiger partial charge on any atom is 0.222 e. The van der Waals surface area contributed by atoms with Crippen LogP contribution in [0.4, 0.5) is 5.95 Å². The van der Waals surface area contributed by atoms with Gasteiger partial charge in [0.1, 0.15) is 0 Å². The topological polar surface area (TPSA) is 41.1 Å². The summed E-state index contributed by atoms with van der Waals surface area (Å²) in [6, 6.07) is 10.6. The Bertz CT molecular complexity index is 510. The Morgan fingerprint density at radius 3 is 2.40 bits per heavy atom. The molecule has 0 fully saturated rings. The van der Waals surface area contributed by atoms with E-state index in [0.29, 0.717) is 11.9 Å². The van der Waals surface area contributed by atoms with E-state index in [4.69, 9.17) is 0 Å². The summed E-state index contributed by atoms with van der Waals surface area (Å²) in [6.07, 6.45) is 3.75. The smallest absolute Gasteiger partial charge is 0.222 e. The van der Waals surface area contributed by atoms with E-state index in [2.05, 4.69) is 64.5 Å². The fourth-order valence-electron chi connectivity index (χ4n) is 2.30. The van der Waals surface area contributed by atoms with Crippen molar-refractivity contribution in [3.05, 3.63) is 53.9 Å². The van der Waals surface area contributed by atoms with E-state index in [1.165, 1.54) is 5.56 Å². The van der Waals surface area contributed by atoms with Gasteiger partial charge in [-0.05, 0) is 18.5 Å². The largest absolute Gasteiger partial charge is 0.357 e. The molecular formula is C16H22N4. The molecular weight excluding hydrogens is 248 g/mol. The second kappa shape index (κ2) is 7.01. The minimum absolute atomic E-state index is 0.513. The SMILES string of the molecule is CNc1ncc(CN(C)CC(C)c2ccccc2)cn1. The van der Waals surface area contributed by atoms with Gasteiger partial charge in [-0.3, -0.25) is 0 Å². The van der Waals surface area contributed by atoms with Crippen molar-refractivity contribution in [3.63, 3.8) is 0 Å². The van der Waals surface area contributed by atoms with Crippen LogP contribution in [0.5, 0.6) is 0 Å². The van der Waals surface area contributed by atoms with Gasteiger partial charge in [0.15, 0.2) is 0 Å². The van der Waals surface area contributed by atoms with E-state index in [0.717, 1.165) is 18.7 Å². The molecule has 4 nitrogen and oxygen atoms in total. The van der Waals surface area contributed by atoms with Crippen molar-refractivity contribution in [2.24, 2.45) is 0 Å². The van der Waals surface area contributed by atoms with Crippen LogP contribution in [0.15, 0.2) is 42.7 Å². The molecule has 0 radical (unpaired) electrons. The van der Waals surface area contributed by atoms with Crippen LogP contribution in [-0.2, 0) is 6.54 Å². The highest BCUT2D eigenvalue weighted by Crippen LogP contribution is 2.16. The monoisotopic (exact) mass is 270 g/mol. The highest BCUT2D eigenvalue weighted by atomic mass is 15.1. The number of benzene rings is 1. The molecule has 1 N–H and O–H groups in total. The molecule has 1 atom stereocenters. The first kappa shape index (κ1) is 14.5. The Morgan fingerprint density at radius 1 is 1.15 bits per heavy atom. The molecule has 2 rings (SSSR count). The molecule has 0 bridgehead atoms. The molecule has 1 aromatic carbocycles. The van der Waals surface area contributed by atoms with E-state index in [9.17, 15) is 0 Å². The van der Waals surface area contributed by atoms with Crippen molar-refractivity contribution in [2.45, 2.75) is 19.4 Å². The van der Waals surface area contributed by atoms with Crippen LogP contribution in [-0.4, -0.2) is 35.5 Å². The van der Waals surface area contributed by atoms with Gasteiger partial charge in [-0.15, -0.1) is 0 Å². The van der Waals surface area contributed by atoms with Crippen LogP contribution in [0.1, 0.15) is 24.0 Å². The highest BCUT2D eigenvalue weighted by molar-refractivity contribution is 5.23. The molecule has 1 aromatic heterocycles. The first-order chi connectivity index (χ1) is 9.69. The molecule has 0 aliphatic carbocycles. The average molecular weight is 270 g/mol. The van der Waals surface area contributed by atoms with Gasteiger partial charge in [0.25, 0.3) is 0 Å². The standard InChI is InChI=1S/C16H22N4/c1-13(15-7-5-4-6-8-15)11-20(3)12-14-9-18-16(17-2)19-10-14/h4-10,13H,11-12H2,1-3H3,(H,17,18,19). The van der Waals surface area contributed by atoms with Crippen LogP contribution in [0.2, 0.25) is 0 Å². The fraction of sp³-hybridized carbons (Fsp3) is 0.375. The first-order valence-corrected chi connectivity index (χ1v) is 6.91. The van der Waals surface area contributed by atoms with E-state index in [1.54, 1.807) is 0 Å². The Balaban J connectivity index is 1.90. The predicted molar refractivity (Wildman–Crippen MR) is 82.8 cm³/mol. The van der Waals surface area contributed by atoms with E-state index < -0.39 is 0 Å². The van der Waals surface area contributed by atoms with Crippen LogP contribution in [0, 0.1) is 0 Å². The molecule has 0 saturated heterocycles. The third-order valence-electron chi connectivity index (χ3n) is 3.34. The van der Waals surface area contributed by atoms with E-state index >= 15 is 0 Å². The molecule has 2 aromatic rings. The number of hydrogen-bond donors (Lipinski definition) is 1. The first-order valence-electron chi connectivity index (χ1n) is 6.91. The van der Waals surface area contributed by atoms with Crippen LogP contribution >= 0.6 is 0 Å². The number of likely N-dealkylation sites (N-methyl/N-ethyl adjacent to an activating group) is 1. The van der Waals surface area contributed by atoms with Crippen molar-refractivity contribution in [1.82, 2.24) is 14.9 Å². The van der Waals surface area contributed by atoms with Gasteiger partial charge in [-0.25, -0.2) is 9.97 Å². The molecule has 0 saturated carbocycles. The fourth-order valence-corrected chi connectivity index (χ4v) is 2.30. The number of nitrogens with zero attached hydrogens (tertiary/aromatic N) is 3. The molecule has 0 amide bonds. The number of aromatic nitrogens is 2. The van der Waals surface area contributed by atoms with Crippen molar-refractivity contribution in [3.8, 4) is 0 Å². The second-order valence-electron chi connectivity index (χ2n) is 5.17. The summed E-state index contributed by atoms with van der Waals surface area (Å²) < 4.78 is 0. The Morgan fingerprint density at radius 2 is 1.80 bits per heavy atom. The zero-order valence-electron chi connectivity index (χ0n) is 12.4. The number of anilines is 1. The Hall–Kier alpha value is -1.94. The van der Waals surface area contributed by atoms with Crippen molar-refractivity contribution in [2.75, 3.05) is 26.0 Å². The lowest BCUT2D eigenvalue weighted by Gasteiger charge is -2.21. The van der Waals surface area contributed by atoms with Crippen LogP contribution in [0.3, 0.4) is 0 Å². The molecule has 20 heavy (non-hydrogen) atoms. The lowest BCUT2D eigenvalue weighted by Crippen LogP contribution is -2.23. The Kier molecular flexibility index (Phi) is 5.07. The number of nitrogens with one attached hydrogen (secondary N) is 1. The predicted octanol–water partition coefficient (Wildman–Crippen LogP) is 2.75. The normalized spacial score (nSPS) is 12.4. The summed E-state index contributed by atoms with van der Waals surface area (Å²) >= 11 is 0. The summed E-state index contributed by atoms with van der Waals surface area (Å²) in [7, 11) is 3.95. The number of hydrogen-bond acceptors (Lipinski definition) is 4. The van der Waals surface area contributed by atoms with Gasteiger partial charge in [-0.2, -0.15) is 0 Å². The zero-order chi connectivity index (χ0) is 14.4. The lowest BCUT2D eigenvalue weighted by molar-refractivity contribution is 0.309. The van der Waals surface area contributed by atoms with Crippen molar-refractivity contribution < 1.29 is 0 Å². The quantitative estimate of drug-likeness (QED) is 0.876. The summed E-state index contributed by atoms with van der Waals surface area (Å²) in [4.78, 5) is 10.8. The van der Waals surface area contributed by atoms with Crippen molar-refractivity contribution >= 4 is 5.95 Å². The molecule has 0 aliphatic rings. The summed E-state index contributed by atoms with van der Waals surface area (Å²) in [6.45, 7) is 4.13. The summed E-state index contributed by atoms with van der Waals surface area (Å²) in [5, 5.41) is 2.93. The maximum absolute atomic E-state index is 4.24. The molecule has 106 valence electrons.